The van der Waals surface area contributed by atoms with Gasteiger partial charge in [0.1, 0.15) is 0 Å². The van der Waals surface area contributed by atoms with Crippen LogP contribution < -0.4 is 5.69 Å². The van der Waals surface area contributed by atoms with Crippen LogP contribution >= 0.6 is 0 Å². The Morgan fingerprint density at radius 2 is 2.31 bits per heavy atom. The van der Waals surface area contributed by atoms with E-state index in [1.165, 1.54) is 0 Å². The van der Waals surface area contributed by atoms with Crippen LogP contribution in [0.25, 0.3) is 0 Å². The molecule has 0 aliphatic carbocycles. The predicted octanol–water partition coefficient (Wildman–Crippen LogP) is 0.0731. The molecule has 0 amide bonds. The molecule has 0 saturated carbocycles. The zero-order chi connectivity index (χ0) is 9.10. The molecule has 0 aliphatic heterocycles. The lowest BCUT2D eigenvalue weighted by Crippen LogP contribution is -2.19. The van der Waals surface area contributed by atoms with Crippen molar-refractivity contribution in [1.29, 1.82) is 0 Å². The molecule has 5 heteroatoms. The maximum Gasteiger partial charge on any atom is 0.325 e. The molecule has 5 nitrogen and oxygen atoms in total. The summed E-state index contributed by atoms with van der Waals surface area (Å²) >= 11 is 0. The van der Waals surface area contributed by atoms with Gasteiger partial charge in [0.15, 0.2) is 0 Å². The average Bonchev–Trinajstić information content (AvgIpc) is 2.72. The van der Waals surface area contributed by atoms with Crippen LogP contribution in [0.1, 0.15) is 0 Å². The minimum absolute atomic E-state index is 0.0767. The van der Waals surface area contributed by atoms with Crippen LogP contribution in [0, 0.1) is 0 Å². The third-order valence-corrected chi connectivity index (χ3v) is 1.85. The molecule has 0 aliphatic rings. The maximum absolute atomic E-state index is 11.1. The number of nitrogens with one attached hydrogen (secondary N) is 1. The first-order chi connectivity index (χ1) is 6.36. The lowest BCUT2D eigenvalue weighted by molar-refractivity contribution is 0.525. The number of rotatable bonds is 3. The third-order valence-electron chi connectivity index (χ3n) is 1.85. The minimum Gasteiger partial charge on any atom is -0.313 e. The summed E-state index contributed by atoms with van der Waals surface area (Å²) < 4.78 is 3.40. The van der Waals surface area contributed by atoms with Gasteiger partial charge in [0.05, 0.1) is 6.54 Å². The van der Waals surface area contributed by atoms with Crippen molar-refractivity contribution >= 4 is 0 Å². The van der Waals surface area contributed by atoms with Crippen molar-refractivity contribution in [2.45, 2.75) is 13.1 Å². The summed E-state index contributed by atoms with van der Waals surface area (Å²) in [5, 5.41) is 4.04. The van der Waals surface area contributed by atoms with E-state index in [1.807, 2.05) is 12.3 Å². The molecule has 68 valence electrons. The molecule has 0 radical (unpaired) electrons. The first-order valence-electron chi connectivity index (χ1n) is 4.07. The van der Waals surface area contributed by atoms with Crippen molar-refractivity contribution in [2.24, 2.45) is 0 Å². The Morgan fingerprint density at radius 3 is 2.92 bits per heavy atom. The van der Waals surface area contributed by atoms with Gasteiger partial charge in [0, 0.05) is 31.3 Å². The number of hydrogen-bond donors (Lipinski definition) is 1. The van der Waals surface area contributed by atoms with Crippen LogP contribution in [0.2, 0.25) is 0 Å². The average molecular weight is 178 g/mol. The van der Waals surface area contributed by atoms with E-state index in [1.54, 1.807) is 27.8 Å². The number of imidazole rings is 1. The molecule has 2 aromatic heterocycles. The van der Waals surface area contributed by atoms with Crippen LogP contribution in [0.4, 0.5) is 0 Å². The molecule has 0 aromatic carbocycles. The number of aromatic amines is 1. The Morgan fingerprint density at radius 1 is 1.38 bits per heavy atom. The topological polar surface area (TPSA) is 55.6 Å². The summed E-state index contributed by atoms with van der Waals surface area (Å²) in [5.41, 5.74) is -0.0767. The van der Waals surface area contributed by atoms with E-state index >= 15 is 0 Å². The van der Waals surface area contributed by atoms with E-state index in [9.17, 15) is 4.79 Å². The van der Waals surface area contributed by atoms with Crippen LogP contribution in [0.5, 0.6) is 0 Å². The predicted molar refractivity (Wildman–Crippen MR) is 47.3 cm³/mol. The summed E-state index contributed by atoms with van der Waals surface area (Å²) in [7, 11) is 0. The number of H-pyrrole nitrogens is 1. The Labute approximate surface area is 74.6 Å². The first kappa shape index (κ1) is 7.85. The molecular formula is C8H10N4O. The molecule has 13 heavy (non-hydrogen) atoms. The van der Waals surface area contributed by atoms with Gasteiger partial charge in [-0.25, -0.2) is 4.79 Å². The smallest absolute Gasteiger partial charge is 0.313 e. The summed E-state index contributed by atoms with van der Waals surface area (Å²) in [6, 6.07) is 1.86. The highest BCUT2D eigenvalue weighted by Crippen LogP contribution is 1.87. The molecule has 0 unspecified atom stereocenters. The second-order valence-corrected chi connectivity index (χ2v) is 2.73. The molecule has 0 saturated heterocycles. The molecule has 2 heterocycles. The molecule has 2 aromatic rings. The minimum atomic E-state index is -0.0767. The van der Waals surface area contributed by atoms with Gasteiger partial charge >= 0.3 is 5.69 Å². The summed E-state index contributed by atoms with van der Waals surface area (Å²) in [5.74, 6) is 0. The maximum atomic E-state index is 11.1. The lowest BCUT2D eigenvalue weighted by atomic mass is 10.6. The van der Waals surface area contributed by atoms with Crippen molar-refractivity contribution in [3.63, 3.8) is 0 Å². The van der Waals surface area contributed by atoms with E-state index in [-0.39, 0.29) is 5.69 Å². The van der Waals surface area contributed by atoms with Crippen LogP contribution in [0.3, 0.4) is 0 Å². The van der Waals surface area contributed by atoms with Crippen molar-refractivity contribution in [3.8, 4) is 0 Å². The Bertz CT molecular complexity index is 411. The highest BCUT2D eigenvalue weighted by Gasteiger charge is 1.95. The van der Waals surface area contributed by atoms with Gasteiger partial charge in [-0.15, -0.1) is 0 Å². The largest absolute Gasteiger partial charge is 0.325 e. The molecule has 0 bridgehead atoms. The number of aryl methyl sites for hydroxylation is 2. The van der Waals surface area contributed by atoms with E-state index in [0.717, 1.165) is 0 Å². The van der Waals surface area contributed by atoms with E-state index < -0.39 is 0 Å². The summed E-state index contributed by atoms with van der Waals surface area (Å²) in [6.45, 7) is 1.36. The Hall–Kier alpha value is -1.78. The Balaban J connectivity index is 2.01. The van der Waals surface area contributed by atoms with Gasteiger partial charge in [0.25, 0.3) is 0 Å². The zero-order valence-electron chi connectivity index (χ0n) is 7.05. The van der Waals surface area contributed by atoms with Gasteiger partial charge in [-0.1, -0.05) is 0 Å². The van der Waals surface area contributed by atoms with E-state index in [4.69, 9.17) is 0 Å². The van der Waals surface area contributed by atoms with Crippen molar-refractivity contribution < 1.29 is 0 Å². The fraction of sp³-hybridized carbons (Fsp3) is 0.250. The second kappa shape index (κ2) is 3.30. The van der Waals surface area contributed by atoms with Gasteiger partial charge < -0.3 is 4.98 Å². The SMILES string of the molecule is O=c1[nH]ccn1CCn1cccn1. The lowest BCUT2D eigenvalue weighted by Gasteiger charge is -2.00. The summed E-state index contributed by atoms with van der Waals surface area (Å²) in [6.07, 6.45) is 6.95. The van der Waals surface area contributed by atoms with Gasteiger partial charge in [-0.2, -0.15) is 5.10 Å². The Kier molecular flexibility index (Phi) is 1.99. The highest BCUT2D eigenvalue weighted by molar-refractivity contribution is 4.79. The molecule has 0 fully saturated rings. The van der Waals surface area contributed by atoms with Crippen molar-refractivity contribution in [1.82, 2.24) is 19.3 Å². The third kappa shape index (κ3) is 1.69. The zero-order valence-corrected chi connectivity index (χ0v) is 7.05. The van der Waals surface area contributed by atoms with Crippen LogP contribution in [0.15, 0.2) is 35.6 Å². The van der Waals surface area contributed by atoms with E-state index in [0.29, 0.717) is 13.1 Å². The number of nitrogens with zero attached hydrogens (tertiary/aromatic N) is 3. The fourth-order valence-corrected chi connectivity index (χ4v) is 1.17. The van der Waals surface area contributed by atoms with Gasteiger partial charge in [0.2, 0.25) is 0 Å². The van der Waals surface area contributed by atoms with Gasteiger partial charge in [-0.3, -0.25) is 9.25 Å². The molecular weight excluding hydrogens is 168 g/mol. The van der Waals surface area contributed by atoms with Gasteiger partial charge in [-0.05, 0) is 6.07 Å². The molecule has 0 spiro atoms. The second-order valence-electron chi connectivity index (χ2n) is 2.73. The molecule has 0 atom stereocenters. The monoisotopic (exact) mass is 178 g/mol. The summed E-state index contributed by atoms with van der Waals surface area (Å²) in [4.78, 5) is 13.6. The number of aromatic nitrogens is 4. The van der Waals surface area contributed by atoms with Crippen LogP contribution in [-0.4, -0.2) is 19.3 Å². The molecule has 2 rings (SSSR count). The highest BCUT2D eigenvalue weighted by atomic mass is 16.1. The quantitative estimate of drug-likeness (QED) is 0.723. The van der Waals surface area contributed by atoms with E-state index in [2.05, 4.69) is 10.1 Å². The standard InChI is InChI=1S/C8H10N4O/c13-8-9-3-5-11(8)6-7-12-4-1-2-10-12/h1-5H,6-7H2,(H,9,13). The fourth-order valence-electron chi connectivity index (χ4n) is 1.17. The normalized spacial score (nSPS) is 10.5. The van der Waals surface area contributed by atoms with Crippen LogP contribution in [-0.2, 0) is 13.1 Å². The molecule has 1 N–H and O–H groups in total. The van der Waals surface area contributed by atoms with Crippen molar-refractivity contribution in [2.75, 3.05) is 0 Å². The first-order valence-corrected chi connectivity index (χ1v) is 4.07. The van der Waals surface area contributed by atoms with Crippen molar-refractivity contribution in [3.05, 3.63) is 41.3 Å². The number of hydrogen-bond acceptors (Lipinski definition) is 2.